The quantitative estimate of drug-likeness (QED) is 0.176. The Morgan fingerprint density at radius 3 is 2.06 bits per heavy atom. The standard InChI is InChI=1S/C24H29Cl2N3O6/c1-6-32-19-12-10-11-18(23(19)35-9-4)29(26)24(31)22(15(5)30)28-27-17-14-21(34-8-3)20(33-7-2)13-16(17)25/h10-14,22H,6-9H2,1-5H3. The predicted molar refractivity (Wildman–Crippen MR) is 135 cm³/mol. The van der Waals surface area contributed by atoms with Crippen molar-refractivity contribution >= 4 is 46.4 Å². The second-order valence-electron chi connectivity index (χ2n) is 6.93. The van der Waals surface area contributed by atoms with E-state index in [4.69, 9.17) is 42.3 Å². The summed E-state index contributed by atoms with van der Waals surface area (Å²) in [4.78, 5) is 25.5. The van der Waals surface area contributed by atoms with Gasteiger partial charge in [-0.05, 0) is 46.8 Å². The van der Waals surface area contributed by atoms with Crippen molar-refractivity contribution in [1.82, 2.24) is 0 Å². The average molecular weight is 526 g/mol. The van der Waals surface area contributed by atoms with Crippen molar-refractivity contribution in [2.75, 3.05) is 30.8 Å². The van der Waals surface area contributed by atoms with Crippen LogP contribution in [-0.4, -0.2) is 44.2 Å². The number of anilines is 1. The molecule has 2 rings (SSSR count). The minimum Gasteiger partial charge on any atom is -0.490 e. The highest BCUT2D eigenvalue weighted by atomic mass is 35.5. The predicted octanol–water partition coefficient (Wildman–Crippen LogP) is 6.16. The highest BCUT2D eigenvalue weighted by Crippen LogP contribution is 2.40. The SMILES string of the molecule is CCOc1cc(Cl)c(N=NC(C(C)=O)C(=O)N(Cl)c2cccc(OCC)c2OCC)cc1OCC. The van der Waals surface area contributed by atoms with Crippen LogP contribution < -0.4 is 23.4 Å². The lowest BCUT2D eigenvalue weighted by molar-refractivity contribution is -0.126. The normalized spacial score (nSPS) is 11.7. The number of ketones is 1. The Balaban J connectivity index is 2.40. The summed E-state index contributed by atoms with van der Waals surface area (Å²) in [6.07, 6.45) is 0. The zero-order valence-electron chi connectivity index (χ0n) is 20.3. The highest BCUT2D eigenvalue weighted by molar-refractivity contribution is 6.39. The number of rotatable bonds is 13. The molecule has 0 saturated carbocycles. The number of hydrogen-bond acceptors (Lipinski definition) is 8. The summed E-state index contributed by atoms with van der Waals surface area (Å²) < 4.78 is 23.1. The van der Waals surface area contributed by atoms with Gasteiger partial charge in [0, 0.05) is 23.9 Å². The third-order valence-electron chi connectivity index (χ3n) is 4.46. The molecule has 2 aromatic carbocycles. The third kappa shape index (κ3) is 7.22. The van der Waals surface area contributed by atoms with Gasteiger partial charge in [-0.3, -0.25) is 9.59 Å². The number of ether oxygens (including phenoxy) is 4. The number of halogens is 2. The Labute approximate surface area is 215 Å². The molecule has 1 unspecified atom stereocenters. The molecule has 1 amide bonds. The van der Waals surface area contributed by atoms with E-state index in [-0.39, 0.29) is 22.1 Å². The van der Waals surface area contributed by atoms with E-state index in [1.165, 1.54) is 19.1 Å². The topological polar surface area (TPSA) is 99.0 Å². The molecule has 190 valence electrons. The summed E-state index contributed by atoms with van der Waals surface area (Å²) in [5, 5.41) is 8.22. The van der Waals surface area contributed by atoms with Gasteiger partial charge in [-0.15, -0.1) is 0 Å². The lowest BCUT2D eigenvalue weighted by Crippen LogP contribution is -2.36. The molecule has 35 heavy (non-hydrogen) atoms. The average Bonchev–Trinajstić information content (AvgIpc) is 2.82. The number of para-hydroxylation sites is 1. The summed E-state index contributed by atoms with van der Waals surface area (Å²) >= 11 is 12.7. The molecule has 0 saturated heterocycles. The summed E-state index contributed by atoms with van der Waals surface area (Å²) in [6, 6.07) is 6.47. The van der Waals surface area contributed by atoms with Crippen molar-refractivity contribution in [3.63, 3.8) is 0 Å². The molecule has 2 aromatic rings. The fraction of sp³-hybridized carbons (Fsp3) is 0.417. The van der Waals surface area contributed by atoms with E-state index in [2.05, 4.69) is 10.2 Å². The Kier molecular flexibility index (Phi) is 11.1. The highest BCUT2D eigenvalue weighted by Gasteiger charge is 2.31. The second kappa shape index (κ2) is 13.7. The van der Waals surface area contributed by atoms with Gasteiger partial charge in [0.1, 0.15) is 11.4 Å². The minimum atomic E-state index is -1.52. The van der Waals surface area contributed by atoms with E-state index in [0.29, 0.717) is 43.7 Å². The molecule has 0 N–H and O–H groups in total. The van der Waals surface area contributed by atoms with Crippen molar-refractivity contribution in [3.8, 4) is 23.0 Å². The summed E-state index contributed by atoms with van der Waals surface area (Å²) in [6.45, 7) is 9.98. The van der Waals surface area contributed by atoms with E-state index in [9.17, 15) is 9.59 Å². The molecule has 0 aromatic heterocycles. The van der Waals surface area contributed by atoms with Crippen molar-refractivity contribution < 1.29 is 28.5 Å². The van der Waals surface area contributed by atoms with Crippen molar-refractivity contribution in [2.24, 2.45) is 10.2 Å². The molecule has 0 radical (unpaired) electrons. The molecule has 0 spiro atoms. The van der Waals surface area contributed by atoms with Gasteiger partial charge in [0.05, 0.1) is 31.5 Å². The van der Waals surface area contributed by atoms with E-state index >= 15 is 0 Å². The van der Waals surface area contributed by atoms with Crippen LogP contribution in [0, 0.1) is 0 Å². The maximum atomic E-state index is 13.2. The van der Waals surface area contributed by atoms with Crippen LogP contribution in [0.1, 0.15) is 34.6 Å². The first kappa shape index (κ1) is 28.2. The Morgan fingerprint density at radius 1 is 0.914 bits per heavy atom. The van der Waals surface area contributed by atoms with Gasteiger partial charge in [-0.25, -0.2) is 4.42 Å². The number of benzene rings is 2. The van der Waals surface area contributed by atoms with Gasteiger partial charge in [-0.2, -0.15) is 10.2 Å². The Morgan fingerprint density at radius 2 is 1.49 bits per heavy atom. The first-order chi connectivity index (χ1) is 16.8. The number of carbonyl (C=O) groups is 2. The lowest BCUT2D eigenvalue weighted by atomic mass is 10.2. The van der Waals surface area contributed by atoms with Crippen LogP contribution in [0.25, 0.3) is 0 Å². The van der Waals surface area contributed by atoms with Gasteiger partial charge < -0.3 is 18.9 Å². The van der Waals surface area contributed by atoms with Crippen LogP contribution in [0.4, 0.5) is 11.4 Å². The summed E-state index contributed by atoms with van der Waals surface area (Å²) in [5.41, 5.74) is 0.413. The molecule has 0 aliphatic carbocycles. The molecule has 0 aliphatic heterocycles. The monoisotopic (exact) mass is 525 g/mol. The number of hydrogen-bond donors (Lipinski definition) is 0. The van der Waals surface area contributed by atoms with Crippen LogP contribution in [0.3, 0.4) is 0 Å². The molecule has 0 aliphatic rings. The number of Topliss-reactive ketones (excluding diaryl/α,β-unsaturated/α-hetero) is 1. The molecule has 0 heterocycles. The fourth-order valence-electron chi connectivity index (χ4n) is 3.01. The van der Waals surface area contributed by atoms with Gasteiger partial charge >= 0.3 is 0 Å². The third-order valence-corrected chi connectivity index (χ3v) is 5.12. The van der Waals surface area contributed by atoms with Gasteiger partial charge in [0.15, 0.2) is 28.8 Å². The smallest absolute Gasteiger partial charge is 0.276 e. The zero-order chi connectivity index (χ0) is 26.0. The largest absolute Gasteiger partial charge is 0.490 e. The van der Waals surface area contributed by atoms with Crippen LogP contribution in [-0.2, 0) is 9.59 Å². The summed E-state index contributed by atoms with van der Waals surface area (Å²) in [5.74, 6) is 0.167. The maximum Gasteiger partial charge on any atom is 0.276 e. The molecule has 0 bridgehead atoms. The van der Waals surface area contributed by atoms with Crippen molar-refractivity contribution in [2.45, 2.75) is 40.7 Å². The summed E-state index contributed by atoms with van der Waals surface area (Å²) in [7, 11) is 0. The van der Waals surface area contributed by atoms with E-state index < -0.39 is 17.7 Å². The Bertz CT molecular complexity index is 1060. The van der Waals surface area contributed by atoms with Gasteiger partial charge in [0.2, 0.25) is 6.04 Å². The first-order valence-corrected chi connectivity index (χ1v) is 11.9. The number of nitrogens with zero attached hydrogens (tertiary/aromatic N) is 3. The maximum absolute atomic E-state index is 13.2. The van der Waals surface area contributed by atoms with Crippen LogP contribution in [0.15, 0.2) is 40.6 Å². The number of carbonyl (C=O) groups excluding carboxylic acids is 2. The molecular weight excluding hydrogens is 497 g/mol. The van der Waals surface area contributed by atoms with E-state index in [1.807, 2.05) is 20.8 Å². The van der Waals surface area contributed by atoms with Gasteiger partial charge in [0.25, 0.3) is 5.91 Å². The Hall–Kier alpha value is -3.04. The number of azo groups is 1. The lowest BCUT2D eigenvalue weighted by Gasteiger charge is -2.21. The van der Waals surface area contributed by atoms with Crippen molar-refractivity contribution in [1.29, 1.82) is 0 Å². The fourth-order valence-corrected chi connectivity index (χ4v) is 3.42. The molecule has 1 atom stereocenters. The van der Waals surface area contributed by atoms with Crippen LogP contribution in [0.2, 0.25) is 5.02 Å². The number of amides is 1. The zero-order valence-corrected chi connectivity index (χ0v) is 21.9. The van der Waals surface area contributed by atoms with Crippen LogP contribution >= 0.6 is 23.4 Å². The van der Waals surface area contributed by atoms with Crippen LogP contribution in [0.5, 0.6) is 23.0 Å². The van der Waals surface area contributed by atoms with Gasteiger partial charge in [-0.1, -0.05) is 17.7 Å². The second-order valence-corrected chi connectivity index (χ2v) is 7.68. The van der Waals surface area contributed by atoms with Crippen molar-refractivity contribution in [3.05, 3.63) is 35.4 Å². The molecule has 0 fully saturated rings. The van der Waals surface area contributed by atoms with E-state index in [1.54, 1.807) is 25.1 Å². The molecule has 11 heteroatoms. The molecule has 9 nitrogen and oxygen atoms in total. The minimum absolute atomic E-state index is 0.201. The first-order valence-electron chi connectivity index (χ1n) is 11.2. The van der Waals surface area contributed by atoms with E-state index in [0.717, 1.165) is 4.42 Å². The molecular formula is C24H29Cl2N3O6.